The molecule has 0 aliphatic carbocycles. The fourth-order valence-corrected chi connectivity index (χ4v) is 4.21. The van der Waals surface area contributed by atoms with E-state index in [9.17, 15) is 19.6 Å². The van der Waals surface area contributed by atoms with Crippen molar-refractivity contribution >= 4 is 29.4 Å². The van der Waals surface area contributed by atoms with Gasteiger partial charge >= 0.3 is 18.0 Å². The zero-order valence-electron chi connectivity index (χ0n) is 19.1. The van der Waals surface area contributed by atoms with Gasteiger partial charge in [-0.05, 0) is 23.8 Å². The molecule has 1 unspecified atom stereocenters. The van der Waals surface area contributed by atoms with Crippen molar-refractivity contribution in [2.45, 2.75) is 5.92 Å². The van der Waals surface area contributed by atoms with Crippen LogP contribution in [-0.2, 0) is 23.8 Å². The van der Waals surface area contributed by atoms with Crippen molar-refractivity contribution in [3.8, 4) is 6.07 Å². The Morgan fingerprint density at radius 1 is 1.06 bits per heavy atom. The number of anilines is 2. The molecule has 10 heteroatoms. The predicted molar refractivity (Wildman–Crippen MR) is 125 cm³/mol. The van der Waals surface area contributed by atoms with Crippen molar-refractivity contribution in [3.05, 3.63) is 82.8 Å². The highest BCUT2D eigenvalue weighted by molar-refractivity contribution is 6.06. The number of hydrogen-bond donors (Lipinski definition) is 1. The molecule has 2 aliphatic rings. The van der Waals surface area contributed by atoms with E-state index in [1.54, 1.807) is 54.6 Å². The molecule has 2 aliphatic heterocycles. The first-order valence-electron chi connectivity index (χ1n) is 10.6. The van der Waals surface area contributed by atoms with Crippen molar-refractivity contribution in [2.75, 3.05) is 37.2 Å². The number of rotatable bonds is 5. The zero-order valence-corrected chi connectivity index (χ0v) is 19.1. The van der Waals surface area contributed by atoms with E-state index in [4.69, 9.17) is 19.9 Å². The number of nitriles is 1. The number of carbonyl (C=O) groups is 3. The molecule has 1 saturated heterocycles. The summed E-state index contributed by atoms with van der Waals surface area (Å²) >= 11 is 0. The summed E-state index contributed by atoms with van der Waals surface area (Å²) in [5, 5.41) is 10.1. The van der Waals surface area contributed by atoms with Crippen LogP contribution in [0.1, 0.15) is 11.5 Å². The normalized spacial score (nSPS) is 17.7. The summed E-state index contributed by atoms with van der Waals surface area (Å²) in [5.41, 5.74) is 7.66. The Kier molecular flexibility index (Phi) is 6.42. The molecule has 1 atom stereocenters. The van der Waals surface area contributed by atoms with E-state index in [1.807, 2.05) is 0 Å². The van der Waals surface area contributed by atoms with Gasteiger partial charge in [0.15, 0.2) is 0 Å². The van der Waals surface area contributed by atoms with Gasteiger partial charge in [0, 0.05) is 11.4 Å². The summed E-state index contributed by atoms with van der Waals surface area (Å²) in [6.45, 7) is 0.589. The largest absolute Gasteiger partial charge is 0.466 e. The number of esters is 2. The minimum absolute atomic E-state index is 0.0511. The van der Waals surface area contributed by atoms with E-state index in [2.05, 4.69) is 6.07 Å². The van der Waals surface area contributed by atoms with Crippen molar-refractivity contribution in [2.24, 2.45) is 5.73 Å². The van der Waals surface area contributed by atoms with Crippen molar-refractivity contribution in [1.29, 1.82) is 5.26 Å². The number of carbonyl (C=O) groups excluding carboxylic acids is 3. The average Bonchev–Trinajstić information content (AvgIpc) is 3.33. The standard InChI is InChI=1S/C25H22N4O6/c1-33-23(30)20-19(15-7-4-3-5-8-15)18(14-26)22(27)29(21(20)24(31)34-2)17-10-6-9-16(13-17)28-11-12-35-25(28)32/h3-10,13,19H,11-12,27H2,1-2H3. The Morgan fingerprint density at radius 2 is 1.74 bits per heavy atom. The summed E-state index contributed by atoms with van der Waals surface area (Å²) in [6, 6.07) is 17.4. The molecule has 178 valence electrons. The van der Waals surface area contributed by atoms with Crippen LogP contribution in [0.3, 0.4) is 0 Å². The molecular formula is C25H22N4O6. The van der Waals surface area contributed by atoms with Gasteiger partial charge in [0.05, 0.1) is 43.9 Å². The van der Waals surface area contributed by atoms with Gasteiger partial charge in [-0.15, -0.1) is 0 Å². The SMILES string of the molecule is COC(=O)C1=C(C(=O)OC)N(c2cccc(N3CCOC3=O)c2)C(N)=C(C#N)C1c1ccccc1. The summed E-state index contributed by atoms with van der Waals surface area (Å²) < 4.78 is 15.1. The molecule has 4 rings (SSSR count). The number of ether oxygens (including phenoxy) is 3. The molecule has 2 aromatic rings. The lowest BCUT2D eigenvalue weighted by molar-refractivity contribution is -0.139. The Bertz CT molecular complexity index is 1290. The second kappa shape index (κ2) is 9.61. The average molecular weight is 474 g/mol. The Hall–Kier alpha value is -4.78. The first-order valence-corrected chi connectivity index (χ1v) is 10.6. The van der Waals surface area contributed by atoms with Crippen LogP contribution >= 0.6 is 0 Å². The fourth-order valence-electron chi connectivity index (χ4n) is 4.21. The van der Waals surface area contributed by atoms with E-state index in [-0.39, 0.29) is 29.3 Å². The molecule has 1 amide bonds. The van der Waals surface area contributed by atoms with Gasteiger partial charge in [-0.1, -0.05) is 36.4 Å². The number of amides is 1. The second-order valence-corrected chi connectivity index (χ2v) is 7.62. The van der Waals surface area contributed by atoms with E-state index in [0.29, 0.717) is 23.5 Å². The summed E-state index contributed by atoms with van der Waals surface area (Å²) in [4.78, 5) is 41.0. The highest BCUT2D eigenvalue weighted by Crippen LogP contribution is 2.43. The van der Waals surface area contributed by atoms with E-state index < -0.39 is 23.9 Å². The fraction of sp³-hybridized carbons (Fsp3) is 0.200. The van der Waals surface area contributed by atoms with Crippen LogP contribution in [0.25, 0.3) is 0 Å². The Balaban J connectivity index is 1.99. The maximum absolute atomic E-state index is 13.1. The molecule has 0 aromatic heterocycles. The lowest BCUT2D eigenvalue weighted by Crippen LogP contribution is -2.40. The van der Waals surface area contributed by atoms with Crippen LogP contribution < -0.4 is 15.5 Å². The zero-order chi connectivity index (χ0) is 25.1. The molecule has 0 bridgehead atoms. The van der Waals surface area contributed by atoms with Gasteiger partial charge in [0.25, 0.3) is 0 Å². The van der Waals surface area contributed by atoms with E-state index >= 15 is 0 Å². The Labute approximate surface area is 201 Å². The molecular weight excluding hydrogens is 452 g/mol. The molecule has 0 spiro atoms. The number of nitrogens with zero attached hydrogens (tertiary/aromatic N) is 3. The molecule has 2 aromatic carbocycles. The third-order valence-corrected chi connectivity index (χ3v) is 5.77. The number of hydrogen-bond acceptors (Lipinski definition) is 9. The van der Waals surface area contributed by atoms with Gasteiger partial charge < -0.3 is 19.9 Å². The molecule has 2 heterocycles. The van der Waals surface area contributed by atoms with E-state index in [1.165, 1.54) is 24.0 Å². The van der Waals surface area contributed by atoms with Gasteiger partial charge in [0.2, 0.25) is 0 Å². The number of benzene rings is 2. The van der Waals surface area contributed by atoms with Crippen LogP contribution in [0.4, 0.5) is 16.2 Å². The third kappa shape index (κ3) is 4.04. The molecule has 0 saturated carbocycles. The number of allylic oxidation sites excluding steroid dienone is 1. The first kappa shape index (κ1) is 23.4. The first-order chi connectivity index (χ1) is 16.9. The molecule has 1 fully saturated rings. The number of cyclic esters (lactones) is 1. The van der Waals surface area contributed by atoms with E-state index in [0.717, 1.165) is 0 Å². The monoisotopic (exact) mass is 474 g/mol. The quantitative estimate of drug-likeness (QED) is 0.512. The molecule has 0 radical (unpaired) electrons. The van der Waals surface area contributed by atoms with Gasteiger partial charge in [-0.25, -0.2) is 14.4 Å². The maximum Gasteiger partial charge on any atom is 0.414 e. The topological polar surface area (TPSA) is 135 Å². The second-order valence-electron chi connectivity index (χ2n) is 7.62. The van der Waals surface area contributed by atoms with Gasteiger partial charge in [-0.3, -0.25) is 9.80 Å². The van der Waals surface area contributed by atoms with Crippen molar-refractivity contribution in [3.63, 3.8) is 0 Å². The summed E-state index contributed by atoms with van der Waals surface area (Å²) in [5.74, 6) is -2.69. The number of methoxy groups -OCH3 is 2. The van der Waals surface area contributed by atoms with Crippen LogP contribution in [0.2, 0.25) is 0 Å². The Morgan fingerprint density at radius 3 is 2.34 bits per heavy atom. The van der Waals surface area contributed by atoms with Crippen LogP contribution in [0, 0.1) is 11.3 Å². The van der Waals surface area contributed by atoms with Crippen molar-refractivity contribution < 1.29 is 28.6 Å². The minimum Gasteiger partial charge on any atom is -0.466 e. The molecule has 2 N–H and O–H groups in total. The van der Waals surface area contributed by atoms with Crippen LogP contribution in [0.5, 0.6) is 0 Å². The summed E-state index contributed by atoms with van der Waals surface area (Å²) in [7, 11) is 2.36. The highest BCUT2D eigenvalue weighted by atomic mass is 16.6. The lowest BCUT2D eigenvalue weighted by Gasteiger charge is -2.36. The van der Waals surface area contributed by atoms with Crippen molar-refractivity contribution in [1.82, 2.24) is 0 Å². The van der Waals surface area contributed by atoms with Gasteiger partial charge in [-0.2, -0.15) is 5.26 Å². The summed E-state index contributed by atoms with van der Waals surface area (Å²) in [6.07, 6.45) is -0.509. The minimum atomic E-state index is -0.962. The maximum atomic E-state index is 13.1. The number of nitrogens with two attached hydrogens (primary N) is 1. The lowest BCUT2D eigenvalue weighted by atomic mass is 9.81. The van der Waals surface area contributed by atoms with Crippen LogP contribution in [0.15, 0.2) is 77.3 Å². The predicted octanol–water partition coefficient (Wildman–Crippen LogP) is 2.54. The smallest absolute Gasteiger partial charge is 0.414 e. The molecule has 10 nitrogen and oxygen atoms in total. The van der Waals surface area contributed by atoms with Crippen LogP contribution in [-0.4, -0.2) is 45.4 Å². The highest BCUT2D eigenvalue weighted by Gasteiger charge is 2.43. The van der Waals surface area contributed by atoms with Gasteiger partial charge in [0.1, 0.15) is 18.1 Å². The molecule has 35 heavy (non-hydrogen) atoms. The third-order valence-electron chi connectivity index (χ3n) is 5.77.